The van der Waals surface area contributed by atoms with E-state index in [4.69, 9.17) is 0 Å². The summed E-state index contributed by atoms with van der Waals surface area (Å²) in [6.45, 7) is 1.84. The number of nitrogens with zero attached hydrogens (tertiary/aromatic N) is 2. The number of rotatable bonds is 2. The topological polar surface area (TPSA) is 32.7 Å². The van der Waals surface area contributed by atoms with Gasteiger partial charge in [-0.3, -0.25) is 9.69 Å². The van der Waals surface area contributed by atoms with Gasteiger partial charge in [-0.2, -0.15) is 0 Å². The number of carbonyl (C=O) groups excluding carboxylic acids is 1. The largest absolute Gasteiger partial charge is 0.282 e. The summed E-state index contributed by atoms with van der Waals surface area (Å²) in [7, 11) is 0. The number of para-hydroxylation sites is 1. The monoisotopic (exact) mass is 262 g/mol. The molecule has 3 rings (SSSR count). The summed E-state index contributed by atoms with van der Waals surface area (Å²) in [6.07, 6.45) is 1.81. The third-order valence-corrected chi connectivity index (χ3v) is 3.15. The van der Waals surface area contributed by atoms with Crippen molar-refractivity contribution in [2.45, 2.75) is 6.92 Å². The van der Waals surface area contributed by atoms with Crippen molar-refractivity contribution in [3.63, 3.8) is 0 Å². The van der Waals surface area contributed by atoms with E-state index in [1.807, 2.05) is 73.7 Å². The second-order valence-electron chi connectivity index (χ2n) is 4.58. The van der Waals surface area contributed by atoms with E-state index >= 15 is 0 Å². The van der Waals surface area contributed by atoms with E-state index in [9.17, 15) is 4.79 Å². The van der Waals surface area contributed by atoms with Crippen molar-refractivity contribution in [1.82, 2.24) is 0 Å². The fraction of sp³-hybridized carbons (Fsp3) is 0.0588. The maximum Gasteiger partial charge on any atom is 0.282 e. The molecule has 1 aliphatic heterocycles. The zero-order valence-corrected chi connectivity index (χ0v) is 11.2. The highest BCUT2D eigenvalue weighted by atomic mass is 16.2. The maximum absolute atomic E-state index is 12.5. The third-order valence-electron chi connectivity index (χ3n) is 3.15. The smallest absolute Gasteiger partial charge is 0.266 e. The zero-order valence-electron chi connectivity index (χ0n) is 11.2. The molecular formula is C17H14N2O. The summed E-state index contributed by atoms with van der Waals surface area (Å²) >= 11 is 0. The van der Waals surface area contributed by atoms with Crippen LogP contribution in [0.15, 0.2) is 71.4 Å². The van der Waals surface area contributed by atoms with Crippen LogP contribution in [-0.4, -0.2) is 11.7 Å². The molecular weight excluding hydrogens is 248 g/mol. The Labute approximate surface area is 117 Å². The number of amides is 1. The fourth-order valence-corrected chi connectivity index (χ4v) is 2.22. The molecule has 98 valence electrons. The second kappa shape index (κ2) is 5.13. The molecule has 0 spiro atoms. The molecule has 0 radical (unpaired) electrons. The van der Waals surface area contributed by atoms with Crippen LogP contribution in [0, 0.1) is 0 Å². The highest BCUT2D eigenvalue weighted by molar-refractivity contribution is 6.28. The summed E-state index contributed by atoms with van der Waals surface area (Å²) in [5.74, 6) is 0.612. The van der Waals surface area contributed by atoms with Crippen LogP contribution in [0.25, 0.3) is 6.08 Å². The van der Waals surface area contributed by atoms with E-state index < -0.39 is 0 Å². The van der Waals surface area contributed by atoms with Crippen LogP contribution >= 0.6 is 0 Å². The van der Waals surface area contributed by atoms with Crippen molar-refractivity contribution >= 4 is 23.5 Å². The van der Waals surface area contributed by atoms with E-state index in [2.05, 4.69) is 4.99 Å². The molecule has 1 aliphatic rings. The van der Waals surface area contributed by atoms with Gasteiger partial charge < -0.3 is 0 Å². The maximum atomic E-state index is 12.5. The van der Waals surface area contributed by atoms with Gasteiger partial charge >= 0.3 is 0 Å². The van der Waals surface area contributed by atoms with Crippen LogP contribution < -0.4 is 4.90 Å². The van der Waals surface area contributed by atoms with Gasteiger partial charge in [-0.15, -0.1) is 0 Å². The first kappa shape index (κ1) is 12.4. The second-order valence-corrected chi connectivity index (χ2v) is 4.58. The first-order chi connectivity index (χ1) is 9.75. The average Bonchev–Trinajstić information content (AvgIpc) is 2.75. The Morgan fingerprint density at radius 2 is 1.55 bits per heavy atom. The van der Waals surface area contributed by atoms with Gasteiger partial charge in [0.25, 0.3) is 5.91 Å². The van der Waals surface area contributed by atoms with Gasteiger partial charge in [0.05, 0.1) is 5.69 Å². The van der Waals surface area contributed by atoms with Crippen molar-refractivity contribution in [1.29, 1.82) is 0 Å². The lowest BCUT2D eigenvalue weighted by Gasteiger charge is -2.15. The van der Waals surface area contributed by atoms with E-state index in [0.717, 1.165) is 11.3 Å². The molecule has 0 aliphatic carbocycles. The summed E-state index contributed by atoms with van der Waals surface area (Å²) in [5.41, 5.74) is 2.29. The lowest BCUT2D eigenvalue weighted by molar-refractivity contribution is -0.113. The molecule has 3 nitrogen and oxygen atoms in total. The predicted octanol–water partition coefficient (Wildman–Crippen LogP) is 3.49. The summed E-state index contributed by atoms with van der Waals surface area (Å²) in [6, 6.07) is 19.3. The quantitative estimate of drug-likeness (QED) is 0.762. The molecule has 0 fully saturated rings. The van der Waals surface area contributed by atoms with Gasteiger partial charge in [0.1, 0.15) is 11.5 Å². The van der Waals surface area contributed by atoms with Crippen LogP contribution in [0.3, 0.4) is 0 Å². The third kappa shape index (κ3) is 2.26. The van der Waals surface area contributed by atoms with Gasteiger partial charge in [-0.1, -0.05) is 48.5 Å². The molecule has 20 heavy (non-hydrogen) atoms. The SMILES string of the molecule is CC1=NC(=Cc2ccccc2)C(=O)N1c1ccccc1. The van der Waals surface area contributed by atoms with Crippen LogP contribution in [0.4, 0.5) is 5.69 Å². The Bertz CT molecular complexity index is 687. The Kier molecular flexibility index (Phi) is 3.17. The summed E-state index contributed by atoms with van der Waals surface area (Å²) < 4.78 is 0. The molecule has 1 amide bonds. The number of hydrogen-bond donors (Lipinski definition) is 0. The number of aliphatic imine (C=N–C) groups is 1. The van der Waals surface area contributed by atoms with Crippen molar-refractivity contribution in [2.75, 3.05) is 4.90 Å². The normalized spacial score (nSPS) is 16.6. The van der Waals surface area contributed by atoms with Gasteiger partial charge in [-0.05, 0) is 30.7 Å². The van der Waals surface area contributed by atoms with Gasteiger partial charge in [-0.25, -0.2) is 4.99 Å². The molecule has 2 aromatic rings. The summed E-state index contributed by atoms with van der Waals surface area (Å²) in [5, 5.41) is 0. The fourth-order valence-electron chi connectivity index (χ4n) is 2.22. The average molecular weight is 262 g/mol. The molecule has 2 aromatic carbocycles. The Balaban J connectivity index is 1.95. The van der Waals surface area contributed by atoms with Crippen molar-refractivity contribution in [2.24, 2.45) is 4.99 Å². The predicted molar refractivity (Wildman–Crippen MR) is 81.5 cm³/mol. The lowest BCUT2D eigenvalue weighted by atomic mass is 10.2. The van der Waals surface area contributed by atoms with E-state index in [1.165, 1.54) is 0 Å². The van der Waals surface area contributed by atoms with Crippen molar-refractivity contribution in [3.05, 3.63) is 71.9 Å². The van der Waals surface area contributed by atoms with Crippen molar-refractivity contribution in [3.8, 4) is 0 Å². The first-order valence-electron chi connectivity index (χ1n) is 6.47. The number of benzene rings is 2. The number of anilines is 1. The molecule has 0 N–H and O–H groups in total. The van der Waals surface area contributed by atoms with Crippen LogP contribution in [-0.2, 0) is 4.79 Å². The van der Waals surface area contributed by atoms with Crippen LogP contribution in [0.1, 0.15) is 12.5 Å². The molecule has 0 saturated heterocycles. The minimum Gasteiger partial charge on any atom is -0.266 e. The van der Waals surface area contributed by atoms with E-state index in [0.29, 0.717) is 11.5 Å². The van der Waals surface area contributed by atoms with E-state index in [1.54, 1.807) is 4.90 Å². The van der Waals surface area contributed by atoms with Crippen LogP contribution in [0.2, 0.25) is 0 Å². The van der Waals surface area contributed by atoms with Crippen molar-refractivity contribution < 1.29 is 4.79 Å². The number of amidine groups is 1. The van der Waals surface area contributed by atoms with Gasteiger partial charge in [0.2, 0.25) is 0 Å². The minimum absolute atomic E-state index is 0.0856. The Morgan fingerprint density at radius 1 is 0.950 bits per heavy atom. The molecule has 3 heteroatoms. The Morgan fingerprint density at radius 3 is 2.20 bits per heavy atom. The number of hydrogen-bond acceptors (Lipinski definition) is 2. The standard InChI is InChI=1S/C17H14N2O/c1-13-18-16(12-14-8-4-2-5-9-14)17(20)19(13)15-10-6-3-7-11-15/h2-12H,1H3. The van der Waals surface area contributed by atoms with Crippen LogP contribution in [0.5, 0.6) is 0 Å². The lowest BCUT2D eigenvalue weighted by Crippen LogP contribution is -2.29. The highest BCUT2D eigenvalue weighted by Gasteiger charge is 2.28. The zero-order chi connectivity index (χ0) is 13.9. The Hall–Kier alpha value is -2.68. The van der Waals surface area contributed by atoms with Gasteiger partial charge in [0.15, 0.2) is 0 Å². The summed E-state index contributed by atoms with van der Waals surface area (Å²) in [4.78, 5) is 18.5. The molecule has 0 aromatic heterocycles. The first-order valence-corrected chi connectivity index (χ1v) is 6.47. The molecule has 0 unspecified atom stereocenters. The highest BCUT2D eigenvalue weighted by Crippen LogP contribution is 2.24. The van der Waals surface area contributed by atoms with Gasteiger partial charge in [0, 0.05) is 0 Å². The number of carbonyl (C=O) groups is 1. The molecule has 1 heterocycles. The molecule has 0 atom stereocenters. The molecule has 0 bridgehead atoms. The van der Waals surface area contributed by atoms with E-state index in [-0.39, 0.29) is 5.91 Å². The molecule has 0 saturated carbocycles. The minimum atomic E-state index is -0.0856.